The van der Waals surface area contributed by atoms with Gasteiger partial charge in [0.25, 0.3) is 0 Å². The Bertz CT molecular complexity index is 942. The molecule has 0 spiro atoms. The predicted octanol–water partition coefficient (Wildman–Crippen LogP) is 4.16. The molecule has 0 aromatic carbocycles. The molecule has 1 aliphatic rings. The van der Waals surface area contributed by atoms with E-state index >= 15 is 0 Å². The smallest absolute Gasteiger partial charge is 0.231 e. The number of amides is 1. The zero-order valence-corrected chi connectivity index (χ0v) is 15.9. The van der Waals surface area contributed by atoms with E-state index in [1.54, 1.807) is 29.6 Å². The average Bonchev–Trinajstić information content (AvgIpc) is 3.07. The lowest BCUT2D eigenvalue weighted by atomic mass is 9.91. The fourth-order valence-corrected chi connectivity index (χ4v) is 3.78. The summed E-state index contributed by atoms with van der Waals surface area (Å²) in [6.07, 6.45) is 7.45. The molecule has 1 fully saturated rings. The minimum Gasteiger partial charge on any atom is -0.294 e. The van der Waals surface area contributed by atoms with E-state index in [9.17, 15) is 4.79 Å². The van der Waals surface area contributed by atoms with Crippen LogP contribution >= 0.6 is 23.2 Å². The number of halogens is 2. The highest BCUT2D eigenvalue weighted by molar-refractivity contribution is 6.36. The van der Waals surface area contributed by atoms with E-state index in [4.69, 9.17) is 23.2 Å². The second-order valence-electron chi connectivity index (χ2n) is 6.49. The third kappa shape index (κ3) is 3.68. The molecular formula is C19H17Cl2N5O. The fourth-order valence-electron chi connectivity index (χ4n) is 3.37. The van der Waals surface area contributed by atoms with Crippen LogP contribution in [-0.2, 0) is 11.2 Å². The zero-order valence-electron chi connectivity index (χ0n) is 14.4. The first-order chi connectivity index (χ1) is 13.1. The van der Waals surface area contributed by atoms with Crippen molar-refractivity contribution >= 4 is 34.9 Å². The number of nitrogens with one attached hydrogen (secondary N) is 1. The van der Waals surface area contributed by atoms with Crippen LogP contribution in [0, 0.1) is 5.92 Å². The van der Waals surface area contributed by atoms with Gasteiger partial charge in [-0.2, -0.15) is 5.10 Å². The zero-order chi connectivity index (χ0) is 18.8. The summed E-state index contributed by atoms with van der Waals surface area (Å²) in [6, 6.07) is 7.34. The van der Waals surface area contributed by atoms with Gasteiger partial charge >= 0.3 is 0 Å². The molecule has 138 valence electrons. The van der Waals surface area contributed by atoms with Gasteiger partial charge in [-0.3, -0.25) is 19.8 Å². The molecule has 6 nitrogen and oxygen atoms in total. The van der Waals surface area contributed by atoms with Crippen molar-refractivity contribution in [2.45, 2.75) is 19.3 Å². The molecule has 3 aromatic rings. The molecule has 0 aliphatic carbocycles. The standard InChI is InChI=1S/C19H17Cl2N5O/c20-15-4-3-12(11-23-15)10-14-2-1-9-26(19(14)27)18-16(21)17(24-25-18)13-5-7-22-8-6-13/h3-8,11,14H,1-2,9-10H2,(H,24,25). The van der Waals surface area contributed by atoms with Crippen molar-refractivity contribution in [3.8, 4) is 11.3 Å². The first-order valence-corrected chi connectivity index (χ1v) is 9.45. The number of pyridine rings is 2. The third-order valence-corrected chi connectivity index (χ3v) is 5.32. The van der Waals surface area contributed by atoms with E-state index in [1.807, 2.05) is 18.2 Å². The van der Waals surface area contributed by atoms with Crippen molar-refractivity contribution in [1.29, 1.82) is 0 Å². The molecule has 27 heavy (non-hydrogen) atoms. The SMILES string of the molecule is O=C1C(Cc2ccc(Cl)nc2)CCCN1c1n[nH]c(-c2ccncc2)c1Cl. The number of H-pyrrole nitrogens is 1. The number of rotatable bonds is 4. The number of carbonyl (C=O) groups is 1. The molecule has 0 saturated carbocycles. The Morgan fingerprint density at radius 2 is 2.00 bits per heavy atom. The van der Waals surface area contributed by atoms with Crippen molar-refractivity contribution in [3.05, 3.63) is 58.6 Å². The Morgan fingerprint density at radius 1 is 1.19 bits per heavy atom. The molecule has 1 aliphatic heterocycles. The third-order valence-electron chi connectivity index (χ3n) is 4.73. The van der Waals surface area contributed by atoms with Crippen LogP contribution in [0.2, 0.25) is 10.2 Å². The highest BCUT2D eigenvalue weighted by Gasteiger charge is 2.33. The minimum absolute atomic E-state index is 0.0332. The molecule has 1 atom stereocenters. The number of carbonyl (C=O) groups excluding carboxylic acids is 1. The van der Waals surface area contributed by atoms with Gasteiger partial charge in [0.05, 0.1) is 5.69 Å². The number of aromatic nitrogens is 4. The van der Waals surface area contributed by atoms with E-state index in [0.29, 0.717) is 34.7 Å². The van der Waals surface area contributed by atoms with E-state index < -0.39 is 0 Å². The summed E-state index contributed by atoms with van der Waals surface area (Å²) >= 11 is 12.4. The van der Waals surface area contributed by atoms with Crippen LogP contribution in [0.1, 0.15) is 18.4 Å². The molecule has 1 unspecified atom stereocenters. The molecule has 0 radical (unpaired) electrons. The number of anilines is 1. The summed E-state index contributed by atoms with van der Waals surface area (Å²) < 4.78 is 0. The van der Waals surface area contributed by atoms with Crippen LogP contribution in [0.4, 0.5) is 5.82 Å². The summed E-state index contributed by atoms with van der Waals surface area (Å²) in [6.45, 7) is 0.606. The molecule has 1 saturated heterocycles. The highest BCUT2D eigenvalue weighted by Crippen LogP contribution is 2.36. The molecule has 3 aromatic heterocycles. The molecule has 8 heteroatoms. The quantitative estimate of drug-likeness (QED) is 0.665. The van der Waals surface area contributed by atoms with Gasteiger partial charge in [0.1, 0.15) is 10.2 Å². The average molecular weight is 402 g/mol. The molecule has 1 N–H and O–H groups in total. The Hall–Kier alpha value is -2.44. The van der Waals surface area contributed by atoms with Crippen molar-refractivity contribution in [2.24, 2.45) is 5.92 Å². The second-order valence-corrected chi connectivity index (χ2v) is 7.26. The molecule has 4 heterocycles. The fraction of sp³-hybridized carbons (Fsp3) is 0.263. The van der Waals surface area contributed by atoms with Gasteiger partial charge in [0.15, 0.2) is 5.82 Å². The molecule has 4 rings (SSSR count). The maximum Gasteiger partial charge on any atom is 0.231 e. The van der Waals surface area contributed by atoms with Gasteiger partial charge in [-0.1, -0.05) is 29.3 Å². The molecular weight excluding hydrogens is 385 g/mol. The number of hydrogen-bond donors (Lipinski definition) is 1. The summed E-state index contributed by atoms with van der Waals surface area (Å²) in [7, 11) is 0. The van der Waals surface area contributed by atoms with Gasteiger partial charge in [-0.15, -0.1) is 0 Å². The van der Waals surface area contributed by atoms with Crippen LogP contribution in [0.15, 0.2) is 42.9 Å². The lowest BCUT2D eigenvalue weighted by Crippen LogP contribution is -2.42. The van der Waals surface area contributed by atoms with Crippen molar-refractivity contribution in [2.75, 3.05) is 11.4 Å². The van der Waals surface area contributed by atoms with E-state index in [1.165, 1.54) is 0 Å². The summed E-state index contributed by atoms with van der Waals surface area (Å²) in [5.41, 5.74) is 2.55. The number of piperidine rings is 1. The van der Waals surface area contributed by atoms with Gasteiger partial charge in [-0.05, 0) is 43.0 Å². The lowest BCUT2D eigenvalue weighted by molar-refractivity contribution is -0.123. The van der Waals surface area contributed by atoms with Crippen molar-refractivity contribution in [3.63, 3.8) is 0 Å². The first-order valence-electron chi connectivity index (χ1n) is 8.69. The van der Waals surface area contributed by atoms with Crippen LogP contribution < -0.4 is 4.90 Å². The Morgan fingerprint density at radius 3 is 2.74 bits per heavy atom. The van der Waals surface area contributed by atoms with Gasteiger partial charge in [0, 0.05) is 36.6 Å². The Kier molecular flexibility index (Phi) is 5.09. The van der Waals surface area contributed by atoms with Gasteiger partial charge < -0.3 is 0 Å². The largest absolute Gasteiger partial charge is 0.294 e. The van der Waals surface area contributed by atoms with Crippen LogP contribution in [-0.4, -0.2) is 32.6 Å². The van der Waals surface area contributed by atoms with Crippen molar-refractivity contribution in [1.82, 2.24) is 20.2 Å². The Labute approximate surface area is 166 Å². The lowest BCUT2D eigenvalue weighted by Gasteiger charge is -2.31. The van der Waals surface area contributed by atoms with Gasteiger partial charge in [0.2, 0.25) is 5.91 Å². The number of nitrogens with zero attached hydrogens (tertiary/aromatic N) is 4. The predicted molar refractivity (Wildman–Crippen MR) is 105 cm³/mol. The van der Waals surface area contributed by atoms with E-state index in [2.05, 4.69) is 20.2 Å². The summed E-state index contributed by atoms with van der Waals surface area (Å²) in [5, 5.41) is 8.16. The Balaban J connectivity index is 1.56. The monoisotopic (exact) mass is 401 g/mol. The minimum atomic E-state index is -0.126. The number of aromatic amines is 1. The highest BCUT2D eigenvalue weighted by atomic mass is 35.5. The maximum absolute atomic E-state index is 13.1. The van der Waals surface area contributed by atoms with Crippen molar-refractivity contribution < 1.29 is 4.79 Å². The molecule has 1 amide bonds. The normalized spacial score (nSPS) is 17.3. The molecule has 0 bridgehead atoms. The van der Waals surface area contributed by atoms with E-state index in [0.717, 1.165) is 24.0 Å². The number of hydrogen-bond acceptors (Lipinski definition) is 4. The van der Waals surface area contributed by atoms with Gasteiger partial charge in [-0.25, -0.2) is 4.98 Å². The van der Waals surface area contributed by atoms with Crippen LogP contribution in [0.25, 0.3) is 11.3 Å². The summed E-state index contributed by atoms with van der Waals surface area (Å²) in [5.74, 6) is 0.386. The second kappa shape index (κ2) is 7.66. The summed E-state index contributed by atoms with van der Waals surface area (Å²) in [4.78, 5) is 22.8. The maximum atomic E-state index is 13.1. The van der Waals surface area contributed by atoms with Crippen LogP contribution in [0.3, 0.4) is 0 Å². The van der Waals surface area contributed by atoms with E-state index in [-0.39, 0.29) is 11.8 Å². The topological polar surface area (TPSA) is 74.8 Å². The van der Waals surface area contributed by atoms with Crippen LogP contribution in [0.5, 0.6) is 0 Å². The first kappa shape index (κ1) is 17.9.